The Labute approximate surface area is 175 Å². The maximum Gasteiger partial charge on any atom is 0.306 e. The summed E-state index contributed by atoms with van der Waals surface area (Å²) in [6.07, 6.45) is 4.39. The van der Waals surface area contributed by atoms with E-state index >= 15 is 0 Å². The maximum atomic E-state index is 12.9. The van der Waals surface area contributed by atoms with Crippen molar-refractivity contribution in [1.29, 1.82) is 0 Å². The van der Waals surface area contributed by atoms with Crippen molar-refractivity contribution in [2.75, 3.05) is 6.61 Å². The van der Waals surface area contributed by atoms with Crippen LogP contribution in [0.1, 0.15) is 65.7 Å². The van der Waals surface area contributed by atoms with E-state index in [0.29, 0.717) is 5.56 Å². The molecule has 0 radical (unpaired) electrons. The Morgan fingerprint density at radius 2 is 1.70 bits per heavy atom. The molecule has 0 fully saturated rings. The van der Waals surface area contributed by atoms with Crippen molar-refractivity contribution >= 4 is 17.7 Å². The van der Waals surface area contributed by atoms with Crippen molar-refractivity contribution in [3.63, 3.8) is 0 Å². The molecule has 0 aromatic heterocycles. The van der Waals surface area contributed by atoms with E-state index in [1.807, 2.05) is 13.0 Å². The highest BCUT2D eigenvalue weighted by Gasteiger charge is 2.16. The number of nitrogens with one attached hydrogen (secondary N) is 1. The van der Waals surface area contributed by atoms with E-state index < -0.39 is 24.3 Å². The van der Waals surface area contributed by atoms with Gasteiger partial charge in [0, 0.05) is 12.0 Å². The lowest BCUT2D eigenvalue weighted by Crippen LogP contribution is -2.31. The largest absolute Gasteiger partial charge is 0.456 e. The summed E-state index contributed by atoms with van der Waals surface area (Å²) in [7, 11) is 0. The molecule has 5 nitrogen and oxygen atoms in total. The number of benzene rings is 2. The molecule has 1 N–H and O–H groups in total. The number of ketones is 1. The zero-order valence-electron chi connectivity index (χ0n) is 17.1. The van der Waals surface area contributed by atoms with Crippen LogP contribution in [0.15, 0.2) is 42.5 Å². The molecular formula is C24H26FNO4. The normalized spacial score (nSPS) is 13.8. The van der Waals surface area contributed by atoms with Crippen LogP contribution in [-0.2, 0) is 27.2 Å². The second-order valence-electron chi connectivity index (χ2n) is 7.62. The summed E-state index contributed by atoms with van der Waals surface area (Å²) in [6, 6.07) is 11.2. The van der Waals surface area contributed by atoms with Crippen molar-refractivity contribution in [3.8, 4) is 0 Å². The van der Waals surface area contributed by atoms with Gasteiger partial charge in [-0.3, -0.25) is 14.4 Å². The van der Waals surface area contributed by atoms with Gasteiger partial charge in [0.15, 0.2) is 12.4 Å². The second-order valence-corrected chi connectivity index (χ2v) is 7.62. The highest BCUT2D eigenvalue weighted by molar-refractivity contribution is 5.97. The van der Waals surface area contributed by atoms with Crippen LogP contribution in [0.4, 0.5) is 4.39 Å². The molecular weight excluding hydrogens is 385 g/mol. The van der Waals surface area contributed by atoms with Crippen LogP contribution in [0.3, 0.4) is 0 Å². The van der Waals surface area contributed by atoms with E-state index in [-0.39, 0.29) is 24.7 Å². The van der Waals surface area contributed by atoms with Gasteiger partial charge < -0.3 is 10.1 Å². The molecule has 30 heavy (non-hydrogen) atoms. The number of hydrogen-bond donors (Lipinski definition) is 1. The third-order valence-corrected chi connectivity index (χ3v) is 5.34. The minimum atomic E-state index is -0.623. The molecule has 0 bridgehead atoms. The highest BCUT2D eigenvalue weighted by atomic mass is 19.1. The van der Waals surface area contributed by atoms with Crippen molar-refractivity contribution in [2.45, 2.75) is 51.5 Å². The third kappa shape index (κ3) is 5.99. The molecule has 0 heterocycles. The first-order valence-electron chi connectivity index (χ1n) is 10.3. The topological polar surface area (TPSA) is 72.5 Å². The van der Waals surface area contributed by atoms with Crippen LogP contribution < -0.4 is 5.32 Å². The lowest BCUT2D eigenvalue weighted by molar-refractivity contribution is -0.148. The molecule has 0 spiro atoms. The van der Waals surface area contributed by atoms with Crippen LogP contribution in [-0.4, -0.2) is 24.3 Å². The van der Waals surface area contributed by atoms with Crippen molar-refractivity contribution in [3.05, 3.63) is 70.5 Å². The van der Waals surface area contributed by atoms with Crippen LogP contribution in [0.5, 0.6) is 0 Å². The van der Waals surface area contributed by atoms with Crippen molar-refractivity contribution in [1.82, 2.24) is 5.32 Å². The Bertz CT molecular complexity index is 923. The van der Waals surface area contributed by atoms with Gasteiger partial charge in [-0.1, -0.05) is 18.2 Å². The molecule has 1 aliphatic rings. The Hall–Kier alpha value is -3.02. The van der Waals surface area contributed by atoms with Crippen molar-refractivity contribution < 1.29 is 23.5 Å². The molecule has 0 saturated heterocycles. The van der Waals surface area contributed by atoms with Gasteiger partial charge in [-0.2, -0.15) is 0 Å². The molecule has 0 saturated carbocycles. The predicted molar refractivity (Wildman–Crippen MR) is 111 cm³/mol. The number of Topliss-reactive ketones (excluding diaryl/α,β-unsaturated/α-hetero) is 1. The zero-order valence-corrected chi connectivity index (χ0v) is 17.1. The van der Waals surface area contributed by atoms with E-state index in [9.17, 15) is 18.8 Å². The summed E-state index contributed by atoms with van der Waals surface area (Å²) < 4.78 is 17.9. The molecule has 1 atom stereocenters. The number of carbonyl (C=O) groups is 3. The van der Waals surface area contributed by atoms with Crippen LogP contribution in [0, 0.1) is 5.82 Å². The fourth-order valence-electron chi connectivity index (χ4n) is 3.60. The number of rotatable bonds is 8. The molecule has 1 amide bonds. The predicted octanol–water partition coefficient (Wildman–Crippen LogP) is 4.09. The summed E-state index contributed by atoms with van der Waals surface area (Å²) in [5.74, 6) is -1.72. The first kappa shape index (κ1) is 21.7. The molecule has 6 heteroatoms. The van der Waals surface area contributed by atoms with Crippen LogP contribution in [0.2, 0.25) is 0 Å². The Morgan fingerprint density at radius 3 is 2.43 bits per heavy atom. The molecule has 158 valence electrons. The summed E-state index contributed by atoms with van der Waals surface area (Å²) >= 11 is 0. The standard InChI is InChI=1S/C24H26FNO4/c1-16(19-7-6-17-4-2-3-5-20(17)14-19)26-23(28)15-30-24(29)13-12-22(27)18-8-10-21(25)11-9-18/h6-11,14,16H,2-5,12-13,15H2,1H3,(H,26,28)/t16-/m0/s1. The third-order valence-electron chi connectivity index (χ3n) is 5.34. The number of carbonyl (C=O) groups excluding carboxylic acids is 3. The van der Waals surface area contributed by atoms with Gasteiger partial charge in [0.2, 0.25) is 0 Å². The van der Waals surface area contributed by atoms with Gasteiger partial charge >= 0.3 is 5.97 Å². The fourth-order valence-corrected chi connectivity index (χ4v) is 3.60. The van der Waals surface area contributed by atoms with Gasteiger partial charge in [0.05, 0.1) is 12.5 Å². The zero-order chi connectivity index (χ0) is 21.5. The summed E-state index contributed by atoms with van der Waals surface area (Å²) in [5.41, 5.74) is 4.09. The lowest BCUT2D eigenvalue weighted by atomic mass is 9.89. The molecule has 0 unspecified atom stereocenters. The second kappa shape index (κ2) is 10.1. The van der Waals surface area contributed by atoms with E-state index in [0.717, 1.165) is 18.4 Å². The Morgan fingerprint density at radius 1 is 1.00 bits per heavy atom. The van der Waals surface area contributed by atoms with Gasteiger partial charge in [-0.15, -0.1) is 0 Å². The van der Waals surface area contributed by atoms with Gasteiger partial charge in [0.1, 0.15) is 5.82 Å². The highest BCUT2D eigenvalue weighted by Crippen LogP contribution is 2.24. The monoisotopic (exact) mass is 411 g/mol. The van der Waals surface area contributed by atoms with E-state index in [1.54, 1.807) is 0 Å². The minimum Gasteiger partial charge on any atom is -0.456 e. The number of hydrogen-bond acceptors (Lipinski definition) is 4. The van der Waals surface area contributed by atoms with Gasteiger partial charge in [0.25, 0.3) is 5.91 Å². The van der Waals surface area contributed by atoms with Crippen LogP contribution in [0.25, 0.3) is 0 Å². The van der Waals surface area contributed by atoms with Gasteiger partial charge in [-0.25, -0.2) is 4.39 Å². The number of aryl methyl sites for hydroxylation is 2. The first-order chi connectivity index (χ1) is 14.4. The van der Waals surface area contributed by atoms with Crippen molar-refractivity contribution in [2.24, 2.45) is 0 Å². The molecule has 2 aromatic carbocycles. The summed E-state index contributed by atoms with van der Waals surface area (Å²) in [6.45, 7) is 1.50. The maximum absolute atomic E-state index is 12.9. The number of ether oxygens (including phenoxy) is 1. The van der Waals surface area contributed by atoms with E-state index in [4.69, 9.17) is 4.74 Å². The quantitative estimate of drug-likeness (QED) is 0.525. The average molecular weight is 411 g/mol. The molecule has 1 aliphatic carbocycles. The molecule has 0 aliphatic heterocycles. The first-order valence-corrected chi connectivity index (χ1v) is 10.3. The molecule has 2 aromatic rings. The summed E-state index contributed by atoms with van der Waals surface area (Å²) in [5, 5.41) is 2.84. The van der Waals surface area contributed by atoms with E-state index in [2.05, 4.69) is 17.4 Å². The Kier molecular flexibility index (Phi) is 7.33. The SMILES string of the molecule is C[C@H](NC(=O)COC(=O)CCC(=O)c1ccc(F)cc1)c1ccc2c(c1)CCCC2. The Balaban J connectivity index is 1.41. The van der Waals surface area contributed by atoms with Gasteiger partial charge in [-0.05, 0) is 73.6 Å². The number of fused-ring (bicyclic) bond motifs is 1. The number of esters is 1. The molecule has 3 rings (SSSR count). The number of halogens is 1. The lowest BCUT2D eigenvalue weighted by Gasteiger charge is -2.20. The van der Waals surface area contributed by atoms with Crippen LogP contribution >= 0.6 is 0 Å². The van der Waals surface area contributed by atoms with E-state index in [1.165, 1.54) is 48.2 Å². The average Bonchev–Trinajstić information content (AvgIpc) is 2.76. The fraction of sp³-hybridized carbons (Fsp3) is 0.375. The smallest absolute Gasteiger partial charge is 0.306 e. The minimum absolute atomic E-state index is 0.0579. The summed E-state index contributed by atoms with van der Waals surface area (Å²) in [4.78, 5) is 36.0. The number of amides is 1.